The molecule has 0 atom stereocenters. The van der Waals surface area contributed by atoms with Gasteiger partial charge in [-0.3, -0.25) is 25.2 Å². The lowest BCUT2D eigenvalue weighted by atomic mass is 10.0. The van der Waals surface area contributed by atoms with Gasteiger partial charge in [0.2, 0.25) is 0 Å². The zero-order valence-electron chi connectivity index (χ0n) is 18.4. The van der Waals surface area contributed by atoms with E-state index in [4.69, 9.17) is 11.6 Å². The van der Waals surface area contributed by atoms with Crippen LogP contribution in [0.3, 0.4) is 0 Å². The SMILES string of the molecule is Cn1nc(C(=O)NNC(=O)c2cc(-c3ccc(Cl)cc3)nc3ccccc23)c2ccccc2c1=O. The average molecular weight is 484 g/mol. The Morgan fingerprint density at radius 3 is 2.20 bits per heavy atom. The Morgan fingerprint density at radius 2 is 1.46 bits per heavy atom. The number of halogens is 1. The summed E-state index contributed by atoms with van der Waals surface area (Å²) in [4.78, 5) is 43.1. The van der Waals surface area contributed by atoms with Gasteiger partial charge >= 0.3 is 0 Å². The van der Waals surface area contributed by atoms with E-state index >= 15 is 0 Å². The quantitative estimate of drug-likeness (QED) is 0.379. The molecule has 0 aliphatic carbocycles. The molecule has 0 saturated heterocycles. The lowest BCUT2D eigenvalue weighted by molar-refractivity contribution is 0.0844. The Kier molecular flexibility index (Phi) is 5.72. The fourth-order valence-corrected chi connectivity index (χ4v) is 3.97. The van der Waals surface area contributed by atoms with Crippen LogP contribution in [-0.2, 0) is 7.05 Å². The number of nitrogens with one attached hydrogen (secondary N) is 2. The number of carbonyl (C=O) groups is 2. The van der Waals surface area contributed by atoms with Crippen LogP contribution >= 0.6 is 11.6 Å². The van der Waals surface area contributed by atoms with E-state index in [-0.39, 0.29) is 11.3 Å². The molecule has 0 radical (unpaired) electrons. The molecule has 0 aliphatic rings. The molecule has 5 aromatic rings. The van der Waals surface area contributed by atoms with Crippen LogP contribution < -0.4 is 16.4 Å². The van der Waals surface area contributed by atoms with Crippen LogP contribution in [0.5, 0.6) is 0 Å². The molecule has 2 heterocycles. The first-order valence-electron chi connectivity index (χ1n) is 10.6. The van der Waals surface area contributed by atoms with Crippen molar-refractivity contribution in [2.75, 3.05) is 0 Å². The van der Waals surface area contributed by atoms with Crippen molar-refractivity contribution < 1.29 is 9.59 Å². The predicted octanol–water partition coefficient (Wildman–Crippen LogP) is 3.88. The normalized spacial score (nSPS) is 10.9. The number of fused-ring (bicyclic) bond motifs is 2. The zero-order valence-corrected chi connectivity index (χ0v) is 19.2. The number of hydrogen-bond acceptors (Lipinski definition) is 5. The van der Waals surface area contributed by atoms with Gasteiger partial charge in [-0.05, 0) is 30.3 Å². The van der Waals surface area contributed by atoms with Gasteiger partial charge in [0, 0.05) is 28.4 Å². The highest BCUT2D eigenvalue weighted by Crippen LogP contribution is 2.26. The van der Waals surface area contributed by atoms with Crippen molar-refractivity contribution >= 4 is 45.1 Å². The van der Waals surface area contributed by atoms with E-state index in [2.05, 4.69) is 20.9 Å². The van der Waals surface area contributed by atoms with Gasteiger partial charge in [0.15, 0.2) is 5.69 Å². The molecule has 0 aliphatic heterocycles. The van der Waals surface area contributed by atoms with E-state index in [9.17, 15) is 14.4 Å². The number of nitrogens with zero attached hydrogens (tertiary/aromatic N) is 3. The molecule has 3 aromatic carbocycles. The molecule has 0 spiro atoms. The van der Waals surface area contributed by atoms with Gasteiger partial charge in [0.05, 0.1) is 22.2 Å². The summed E-state index contributed by atoms with van der Waals surface area (Å²) in [5.74, 6) is -1.18. The van der Waals surface area contributed by atoms with E-state index < -0.39 is 11.8 Å². The highest BCUT2D eigenvalue weighted by atomic mass is 35.5. The van der Waals surface area contributed by atoms with Gasteiger partial charge in [-0.1, -0.05) is 60.1 Å². The highest BCUT2D eigenvalue weighted by molar-refractivity contribution is 6.30. The van der Waals surface area contributed by atoms with Gasteiger partial charge in [-0.25, -0.2) is 9.67 Å². The molecule has 8 nitrogen and oxygen atoms in total. The maximum Gasteiger partial charge on any atom is 0.290 e. The molecule has 5 rings (SSSR count). The fraction of sp³-hybridized carbons (Fsp3) is 0.0385. The van der Waals surface area contributed by atoms with Crippen molar-refractivity contribution in [2.24, 2.45) is 7.05 Å². The van der Waals surface area contributed by atoms with Crippen molar-refractivity contribution in [1.82, 2.24) is 25.6 Å². The number of carbonyl (C=O) groups excluding carboxylic acids is 2. The molecule has 2 aromatic heterocycles. The number of aryl methyl sites for hydroxylation is 1. The van der Waals surface area contributed by atoms with Crippen LogP contribution in [0.1, 0.15) is 20.8 Å². The van der Waals surface area contributed by atoms with E-state index in [0.29, 0.717) is 38.0 Å². The number of pyridine rings is 1. The second-order valence-electron chi connectivity index (χ2n) is 7.81. The monoisotopic (exact) mass is 483 g/mol. The Hall–Kier alpha value is -4.56. The number of para-hydroxylation sites is 1. The Balaban J connectivity index is 1.47. The first-order chi connectivity index (χ1) is 16.9. The van der Waals surface area contributed by atoms with Crippen molar-refractivity contribution in [3.63, 3.8) is 0 Å². The summed E-state index contributed by atoms with van der Waals surface area (Å²) in [6.45, 7) is 0. The minimum atomic E-state index is -0.651. The van der Waals surface area contributed by atoms with Crippen LogP contribution in [-0.4, -0.2) is 26.6 Å². The Labute approximate surface area is 204 Å². The molecular weight excluding hydrogens is 466 g/mol. The maximum absolute atomic E-state index is 13.2. The van der Waals surface area contributed by atoms with Gasteiger partial charge in [0.1, 0.15) is 0 Å². The highest BCUT2D eigenvalue weighted by Gasteiger charge is 2.18. The first kappa shape index (κ1) is 22.2. The lowest BCUT2D eigenvalue weighted by Gasteiger charge is -2.12. The minimum absolute atomic E-state index is 0.0180. The number of hydrazine groups is 1. The fourth-order valence-electron chi connectivity index (χ4n) is 3.84. The summed E-state index contributed by atoms with van der Waals surface area (Å²) < 4.78 is 1.09. The number of aromatic nitrogens is 3. The number of hydrogen-bond donors (Lipinski definition) is 2. The summed E-state index contributed by atoms with van der Waals surface area (Å²) in [6, 6.07) is 22.7. The third-order valence-electron chi connectivity index (χ3n) is 5.56. The molecule has 2 amide bonds. The zero-order chi connectivity index (χ0) is 24.5. The largest absolute Gasteiger partial charge is 0.290 e. The molecule has 0 bridgehead atoms. The molecule has 2 N–H and O–H groups in total. The van der Waals surface area contributed by atoms with E-state index in [1.165, 1.54) is 7.05 Å². The molecular formula is C26H18ClN5O3. The summed E-state index contributed by atoms with van der Waals surface area (Å²) in [6.07, 6.45) is 0. The van der Waals surface area contributed by atoms with Gasteiger partial charge in [-0.15, -0.1) is 0 Å². The third kappa shape index (κ3) is 4.22. The number of rotatable bonds is 3. The topological polar surface area (TPSA) is 106 Å². The minimum Gasteiger partial charge on any atom is -0.267 e. The Bertz CT molecular complexity index is 1680. The molecule has 172 valence electrons. The van der Waals surface area contributed by atoms with Crippen molar-refractivity contribution in [1.29, 1.82) is 0 Å². The summed E-state index contributed by atoms with van der Waals surface area (Å²) in [7, 11) is 1.46. The second-order valence-corrected chi connectivity index (χ2v) is 8.25. The third-order valence-corrected chi connectivity index (χ3v) is 5.81. The predicted molar refractivity (Wildman–Crippen MR) is 134 cm³/mol. The lowest BCUT2D eigenvalue weighted by Crippen LogP contribution is -2.42. The summed E-state index contributed by atoms with van der Waals surface area (Å²) in [5.41, 5.74) is 6.91. The number of amides is 2. The van der Waals surface area contributed by atoms with Crippen LogP contribution in [0.15, 0.2) is 83.7 Å². The number of benzene rings is 3. The first-order valence-corrected chi connectivity index (χ1v) is 11.0. The van der Waals surface area contributed by atoms with E-state index in [1.807, 2.05) is 30.3 Å². The van der Waals surface area contributed by atoms with Gasteiger partial charge in [0.25, 0.3) is 17.4 Å². The molecule has 35 heavy (non-hydrogen) atoms. The van der Waals surface area contributed by atoms with Crippen LogP contribution in [0.4, 0.5) is 0 Å². The van der Waals surface area contributed by atoms with Crippen LogP contribution in [0.25, 0.3) is 32.9 Å². The summed E-state index contributed by atoms with van der Waals surface area (Å²) in [5, 5.41) is 6.05. The molecule has 0 unspecified atom stereocenters. The summed E-state index contributed by atoms with van der Waals surface area (Å²) >= 11 is 6.00. The molecule has 9 heteroatoms. The van der Waals surface area contributed by atoms with E-state index in [1.54, 1.807) is 48.5 Å². The van der Waals surface area contributed by atoms with Gasteiger partial charge in [-0.2, -0.15) is 5.10 Å². The van der Waals surface area contributed by atoms with Crippen molar-refractivity contribution in [2.45, 2.75) is 0 Å². The maximum atomic E-state index is 13.2. The molecule has 0 fully saturated rings. The average Bonchev–Trinajstić information content (AvgIpc) is 2.89. The second kappa shape index (κ2) is 9.00. The van der Waals surface area contributed by atoms with Gasteiger partial charge < -0.3 is 0 Å². The molecule has 0 saturated carbocycles. The smallest absolute Gasteiger partial charge is 0.267 e. The van der Waals surface area contributed by atoms with Crippen molar-refractivity contribution in [3.8, 4) is 11.3 Å². The van der Waals surface area contributed by atoms with Crippen molar-refractivity contribution in [3.05, 3.63) is 105 Å². The Morgan fingerprint density at radius 1 is 0.829 bits per heavy atom. The van der Waals surface area contributed by atoms with E-state index in [0.717, 1.165) is 10.2 Å². The van der Waals surface area contributed by atoms with Crippen LogP contribution in [0.2, 0.25) is 5.02 Å². The van der Waals surface area contributed by atoms with Crippen LogP contribution in [0, 0.1) is 0 Å². The standard InChI is InChI=1S/C26H18ClN5O3/c1-32-26(35)19-8-3-2-7-18(19)23(31-32)25(34)30-29-24(33)20-14-22(15-10-12-16(27)13-11-15)28-21-9-5-4-6-17(20)21/h2-14H,1H3,(H,29,33)(H,30,34).